The Morgan fingerprint density at radius 3 is 2.21 bits per heavy atom. The van der Waals surface area contributed by atoms with Crippen LogP contribution in [0.25, 0.3) is 0 Å². The fourth-order valence-electron chi connectivity index (χ4n) is 2.31. The lowest BCUT2D eigenvalue weighted by Crippen LogP contribution is -2.39. The molecule has 0 bridgehead atoms. The fraction of sp³-hybridized carbons (Fsp3) is 0.600. The zero-order chi connectivity index (χ0) is 14.8. The van der Waals surface area contributed by atoms with Crippen LogP contribution < -0.4 is 16.0 Å². The van der Waals surface area contributed by atoms with E-state index in [1.165, 1.54) is 0 Å². The van der Waals surface area contributed by atoms with Crippen LogP contribution in [0.15, 0.2) is 12.1 Å². The summed E-state index contributed by atoms with van der Waals surface area (Å²) in [6.07, 6.45) is 0. The summed E-state index contributed by atoms with van der Waals surface area (Å²) in [5.41, 5.74) is 4.41. The molecule has 1 rings (SSSR count). The first-order valence-corrected chi connectivity index (χ1v) is 6.49. The van der Waals surface area contributed by atoms with Crippen molar-refractivity contribution in [3.8, 4) is 5.75 Å². The molecule has 0 aromatic heterocycles. The highest BCUT2D eigenvalue weighted by Gasteiger charge is 2.28. The second kappa shape index (κ2) is 5.49. The summed E-state index contributed by atoms with van der Waals surface area (Å²) in [6.45, 7) is 10.4. The van der Waals surface area contributed by atoms with Crippen molar-refractivity contribution in [3.63, 3.8) is 0 Å². The number of aryl methyl sites for hydroxylation is 1. The number of hydrogen-bond acceptors (Lipinski definition) is 4. The summed E-state index contributed by atoms with van der Waals surface area (Å²) >= 11 is 0. The Labute approximate surface area is 115 Å². The molecule has 0 aliphatic rings. The van der Waals surface area contributed by atoms with Crippen molar-refractivity contribution >= 4 is 0 Å². The Bertz CT molecular complexity index is 448. The average molecular weight is 266 g/mol. The number of hydrazine groups is 1. The van der Waals surface area contributed by atoms with Crippen molar-refractivity contribution in [1.82, 2.24) is 5.43 Å². The second-order valence-electron chi connectivity index (χ2n) is 6.27. The van der Waals surface area contributed by atoms with Crippen molar-refractivity contribution in [2.75, 3.05) is 13.7 Å². The standard InChI is InChI=1S/C15H26N2O2/c1-10-7-13(19-6)12(14(2,3)4)8-11(10)15(5,18)9-17-16/h7-8,17-18H,9,16H2,1-6H3. The van der Waals surface area contributed by atoms with Gasteiger partial charge in [-0.05, 0) is 48.1 Å². The van der Waals surface area contributed by atoms with Crippen molar-refractivity contribution in [2.24, 2.45) is 5.84 Å². The van der Waals surface area contributed by atoms with E-state index in [4.69, 9.17) is 10.6 Å². The van der Waals surface area contributed by atoms with Crippen molar-refractivity contribution in [1.29, 1.82) is 0 Å². The van der Waals surface area contributed by atoms with Crippen molar-refractivity contribution < 1.29 is 9.84 Å². The van der Waals surface area contributed by atoms with E-state index in [0.29, 0.717) is 6.54 Å². The topological polar surface area (TPSA) is 67.5 Å². The van der Waals surface area contributed by atoms with Crippen LogP contribution in [0, 0.1) is 6.92 Å². The van der Waals surface area contributed by atoms with Gasteiger partial charge >= 0.3 is 0 Å². The minimum atomic E-state index is -1.01. The van der Waals surface area contributed by atoms with Crippen molar-refractivity contribution in [2.45, 2.75) is 45.6 Å². The summed E-state index contributed by atoms with van der Waals surface area (Å²) in [5.74, 6) is 6.20. The van der Waals surface area contributed by atoms with Gasteiger partial charge in [0.25, 0.3) is 0 Å². The molecule has 108 valence electrons. The van der Waals surface area contributed by atoms with Gasteiger partial charge in [-0.3, -0.25) is 11.3 Å². The number of rotatable bonds is 4. The molecule has 0 fully saturated rings. The van der Waals surface area contributed by atoms with Gasteiger partial charge in [0.05, 0.1) is 7.11 Å². The summed E-state index contributed by atoms with van der Waals surface area (Å²) in [5, 5.41) is 10.5. The maximum absolute atomic E-state index is 10.5. The van der Waals surface area contributed by atoms with Gasteiger partial charge in [0, 0.05) is 6.54 Å². The van der Waals surface area contributed by atoms with Gasteiger partial charge in [-0.15, -0.1) is 0 Å². The zero-order valence-corrected chi connectivity index (χ0v) is 12.8. The molecule has 0 saturated heterocycles. The van der Waals surface area contributed by atoms with Crippen LogP contribution in [-0.2, 0) is 11.0 Å². The largest absolute Gasteiger partial charge is 0.496 e. The van der Waals surface area contributed by atoms with E-state index >= 15 is 0 Å². The van der Waals surface area contributed by atoms with Gasteiger partial charge < -0.3 is 9.84 Å². The van der Waals surface area contributed by atoms with Gasteiger partial charge in [0.2, 0.25) is 0 Å². The minimum absolute atomic E-state index is 0.0555. The third kappa shape index (κ3) is 3.47. The molecule has 4 N–H and O–H groups in total. The van der Waals surface area contributed by atoms with Gasteiger partial charge in [0.1, 0.15) is 11.4 Å². The average Bonchev–Trinajstić information content (AvgIpc) is 2.26. The fourth-order valence-corrected chi connectivity index (χ4v) is 2.31. The SMILES string of the molecule is COc1cc(C)c(C(C)(O)CNN)cc1C(C)(C)C. The second-order valence-corrected chi connectivity index (χ2v) is 6.27. The summed E-state index contributed by atoms with van der Waals surface area (Å²) in [4.78, 5) is 0. The lowest BCUT2D eigenvalue weighted by molar-refractivity contribution is 0.0564. The Hall–Kier alpha value is -1.10. The maximum atomic E-state index is 10.5. The zero-order valence-electron chi connectivity index (χ0n) is 12.8. The van der Waals surface area contributed by atoms with Crippen LogP contribution in [0.4, 0.5) is 0 Å². The van der Waals surface area contributed by atoms with E-state index in [1.54, 1.807) is 14.0 Å². The number of hydrogen-bond donors (Lipinski definition) is 3. The molecule has 0 heterocycles. The molecule has 0 spiro atoms. The quantitative estimate of drug-likeness (QED) is 0.576. The van der Waals surface area contributed by atoms with E-state index in [9.17, 15) is 5.11 Å². The molecule has 0 aliphatic heterocycles. The first kappa shape index (κ1) is 16.0. The number of aliphatic hydroxyl groups is 1. The lowest BCUT2D eigenvalue weighted by Gasteiger charge is -2.29. The van der Waals surface area contributed by atoms with Crippen LogP contribution in [-0.4, -0.2) is 18.8 Å². The molecule has 0 saturated carbocycles. The Morgan fingerprint density at radius 1 is 1.21 bits per heavy atom. The van der Waals surface area contributed by atoms with Gasteiger partial charge in [0.15, 0.2) is 0 Å². The van der Waals surface area contributed by atoms with Crippen LogP contribution in [0.2, 0.25) is 0 Å². The highest BCUT2D eigenvalue weighted by atomic mass is 16.5. The van der Waals surface area contributed by atoms with Crippen LogP contribution in [0.3, 0.4) is 0 Å². The number of methoxy groups -OCH3 is 1. The molecule has 1 atom stereocenters. The molecular formula is C15H26N2O2. The molecule has 1 unspecified atom stereocenters. The predicted molar refractivity (Wildman–Crippen MR) is 78.2 cm³/mol. The van der Waals surface area contributed by atoms with Crippen LogP contribution >= 0.6 is 0 Å². The Balaban J connectivity index is 3.44. The van der Waals surface area contributed by atoms with E-state index < -0.39 is 5.60 Å². The highest BCUT2D eigenvalue weighted by molar-refractivity contribution is 5.47. The molecule has 4 nitrogen and oxygen atoms in total. The van der Waals surface area contributed by atoms with Crippen LogP contribution in [0.5, 0.6) is 5.75 Å². The highest BCUT2D eigenvalue weighted by Crippen LogP contribution is 2.36. The van der Waals surface area contributed by atoms with Crippen molar-refractivity contribution in [3.05, 3.63) is 28.8 Å². The third-order valence-corrected chi connectivity index (χ3v) is 3.38. The third-order valence-electron chi connectivity index (χ3n) is 3.38. The molecule has 0 amide bonds. The summed E-state index contributed by atoms with van der Waals surface area (Å²) in [6, 6.07) is 3.99. The van der Waals surface area contributed by atoms with Crippen LogP contribution in [0.1, 0.15) is 44.4 Å². The number of nitrogens with one attached hydrogen (secondary N) is 1. The molecule has 4 heteroatoms. The Kier molecular flexibility index (Phi) is 4.61. The smallest absolute Gasteiger partial charge is 0.122 e. The Morgan fingerprint density at radius 2 is 1.79 bits per heavy atom. The molecule has 1 aromatic carbocycles. The molecular weight excluding hydrogens is 240 g/mol. The van der Waals surface area contributed by atoms with E-state index in [1.807, 2.05) is 19.1 Å². The predicted octanol–water partition coefficient (Wildman–Crippen LogP) is 1.97. The lowest BCUT2D eigenvalue weighted by atomic mass is 9.81. The first-order chi connectivity index (χ1) is 8.63. The minimum Gasteiger partial charge on any atom is -0.496 e. The van der Waals surface area contributed by atoms with Gasteiger partial charge in [-0.1, -0.05) is 20.8 Å². The first-order valence-electron chi connectivity index (χ1n) is 6.49. The maximum Gasteiger partial charge on any atom is 0.122 e. The number of benzene rings is 1. The molecule has 0 radical (unpaired) electrons. The van der Waals surface area contributed by atoms with E-state index in [-0.39, 0.29) is 5.41 Å². The summed E-state index contributed by atoms with van der Waals surface area (Å²) in [7, 11) is 1.67. The molecule has 19 heavy (non-hydrogen) atoms. The van der Waals surface area contributed by atoms with Gasteiger partial charge in [-0.25, -0.2) is 0 Å². The van der Waals surface area contributed by atoms with E-state index in [2.05, 4.69) is 26.2 Å². The number of nitrogens with two attached hydrogens (primary N) is 1. The molecule has 1 aromatic rings. The monoisotopic (exact) mass is 266 g/mol. The molecule has 0 aliphatic carbocycles. The normalized spacial score (nSPS) is 15.2. The van der Waals surface area contributed by atoms with E-state index in [0.717, 1.165) is 22.4 Å². The van der Waals surface area contributed by atoms with Gasteiger partial charge in [-0.2, -0.15) is 0 Å². The number of ether oxygens (including phenoxy) is 1. The summed E-state index contributed by atoms with van der Waals surface area (Å²) < 4.78 is 5.46.